The third kappa shape index (κ3) is 3.22. The number of nitrogens with one attached hydrogen (secondary N) is 1. The van der Waals surface area contributed by atoms with Gasteiger partial charge in [-0.1, -0.05) is 12.1 Å². The average molecular weight is 363 g/mol. The van der Waals surface area contributed by atoms with Gasteiger partial charge in [-0.05, 0) is 40.2 Å². The van der Waals surface area contributed by atoms with E-state index in [1.807, 2.05) is 30.3 Å². The van der Waals surface area contributed by atoms with E-state index >= 15 is 0 Å². The van der Waals surface area contributed by atoms with Crippen LogP contribution >= 0.6 is 15.9 Å². The first kappa shape index (κ1) is 14.8. The van der Waals surface area contributed by atoms with Crippen molar-refractivity contribution in [2.24, 2.45) is 5.92 Å². The fraction of sp³-hybridized carbons (Fsp3) is 0.250. The number of rotatable bonds is 4. The van der Waals surface area contributed by atoms with Crippen molar-refractivity contribution in [2.75, 3.05) is 11.9 Å². The fourth-order valence-electron chi connectivity index (χ4n) is 2.49. The molecule has 3 rings (SSSR count). The molecule has 0 radical (unpaired) electrons. The van der Waals surface area contributed by atoms with E-state index in [-0.39, 0.29) is 24.2 Å². The van der Waals surface area contributed by atoms with Gasteiger partial charge in [-0.15, -0.1) is 0 Å². The number of benzene rings is 1. The van der Waals surface area contributed by atoms with Gasteiger partial charge in [0.15, 0.2) is 0 Å². The number of nitrogens with zero attached hydrogens (tertiary/aromatic N) is 1. The van der Waals surface area contributed by atoms with E-state index in [1.54, 1.807) is 17.2 Å². The third-order valence-corrected chi connectivity index (χ3v) is 4.34. The Hall–Kier alpha value is -2.08. The second kappa shape index (κ2) is 6.36. The Kier molecular flexibility index (Phi) is 4.29. The molecule has 5 nitrogen and oxygen atoms in total. The highest BCUT2D eigenvalue weighted by molar-refractivity contribution is 9.10. The standard InChI is InChI=1S/C16H15BrN2O3/c17-13-5-1-2-6-14(13)18-16(21)11-8-15(20)19(9-11)10-12-4-3-7-22-12/h1-7,11H,8-10H2,(H,18,21). The molecule has 1 aromatic heterocycles. The molecular weight excluding hydrogens is 348 g/mol. The molecule has 1 unspecified atom stereocenters. The first-order valence-corrected chi connectivity index (χ1v) is 7.78. The average Bonchev–Trinajstić information content (AvgIpc) is 3.13. The number of halogens is 1. The zero-order valence-electron chi connectivity index (χ0n) is 11.8. The molecule has 1 saturated heterocycles. The lowest BCUT2D eigenvalue weighted by atomic mass is 10.1. The van der Waals surface area contributed by atoms with Crippen LogP contribution in [0.5, 0.6) is 0 Å². The van der Waals surface area contributed by atoms with E-state index in [9.17, 15) is 9.59 Å². The first-order valence-electron chi connectivity index (χ1n) is 6.99. The normalized spacial score (nSPS) is 17.8. The van der Waals surface area contributed by atoms with Gasteiger partial charge >= 0.3 is 0 Å². The number of amides is 2. The SMILES string of the molecule is O=C(Nc1ccccc1Br)C1CC(=O)N(Cc2ccco2)C1. The molecule has 2 amide bonds. The Morgan fingerprint density at radius 2 is 2.14 bits per heavy atom. The topological polar surface area (TPSA) is 62.6 Å². The van der Waals surface area contributed by atoms with Crippen molar-refractivity contribution in [2.45, 2.75) is 13.0 Å². The molecular formula is C16H15BrN2O3. The van der Waals surface area contributed by atoms with Crippen molar-refractivity contribution in [1.82, 2.24) is 4.90 Å². The van der Waals surface area contributed by atoms with Crippen LogP contribution in [0.2, 0.25) is 0 Å². The van der Waals surface area contributed by atoms with E-state index in [0.29, 0.717) is 18.8 Å². The number of anilines is 1. The van der Waals surface area contributed by atoms with E-state index in [4.69, 9.17) is 4.42 Å². The van der Waals surface area contributed by atoms with Gasteiger partial charge in [0.1, 0.15) is 5.76 Å². The Balaban J connectivity index is 1.62. The number of furan rings is 1. The summed E-state index contributed by atoms with van der Waals surface area (Å²) in [4.78, 5) is 26.0. The van der Waals surface area contributed by atoms with Crippen LogP contribution in [0, 0.1) is 5.92 Å². The molecule has 1 fully saturated rings. The first-order chi connectivity index (χ1) is 10.6. The summed E-state index contributed by atoms with van der Waals surface area (Å²) < 4.78 is 6.07. The molecule has 2 aromatic rings. The molecule has 22 heavy (non-hydrogen) atoms. The zero-order chi connectivity index (χ0) is 15.5. The van der Waals surface area contributed by atoms with Crippen LogP contribution in [0.15, 0.2) is 51.6 Å². The maximum atomic E-state index is 12.3. The van der Waals surface area contributed by atoms with Gasteiger partial charge in [0.25, 0.3) is 0 Å². The Morgan fingerprint density at radius 3 is 2.86 bits per heavy atom. The van der Waals surface area contributed by atoms with Crippen molar-refractivity contribution >= 4 is 33.4 Å². The van der Waals surface area contributed by atoms with E-state index in [1.165, 1.54) is 0 Å². The Morgan fingerprint density at radius 1 is 1.32 bits per heavy atom. The number of carbonyl (C=O) groups excluding carboxylic acids is 2. The van der Waals surface area contributed by atoms with E-state index in [0.717, 1.165) is 10.2 Å². The number of likely N-dealkylation sites (tertiary alicyclic amines) is 1. The van der Waals surface area contributed by atoms with Gasteiger partial charge < -0.3 is 14.6 Å². The predicted octanol–water partition coefficient (Wildman–Crippen LogP) is 3.03. The smallest absolute Gasteiger partial charge is 0.229 e. The summed E-state index contributed by atoms with van der Waals surface area (Å²) in [6.45, 7) is 0.820. The highest BCUT2D eigenvalue weighted by atomic mass is 79.9. The van der Waals surface area contributed by atoms with Crippen molar-refractivity contribution in [1.29, 1.82) is 0 Å². The van der Waals surface area contributed by atoms with Gasteiger partial charge in [0.05, 0.1) is 24.4 Å². The predicted molar refractivity (Wildman–Crippen MR) is 85.0 cm³/mol. The van der Waals surface area contributed by atoms with Crippen molar-refractivity contribution in [3.63, 3.8) is 0 Å². The van der Waals surface area contributed by atoms with Crippen LogP contribution in [0.25, 0.3) is 0 Å². The van der Waals surface area contributed by atoms with E-state index in [2.05, 4.69) is 21.2 Å². The quantitative estimate of drug-likeness (QED) is 0.908. The van der Waals surface area contributed by atoms with Gasteiger partial charge in [0.2, 0.25) is 11.8 Å². The molecule has 1 atom stereocenters. The summed E-state index contributed by atoms with van der Waals surface area (Å²) in [5.41, 5.74) is 0.712. The molecule has 6 heteroatoms. The number of carbonyl (C=O) groups is 2. The summed E-state index contributed by atoms with van der Waals surface area (Å²) in [6, 6.07) is 11.0. The zero-order valence-corrected chi connectivity index (χ0v) is 13.4. The maximum absolute atomic E-state index is 12.3. The molecule has 1 aliphatic rings. The Bertz CT molecular complexity index is 684. The van der Waals surface area contributed by atoms with Crippen LogP contribution in [-0.4, -0.2) is 23.3 Å². The second-order valence-corrected chi connectivity index (χ2v) is 6.08. The minimum absolute atomic E-state index is 0.0244. The molecule has 0 bridgehead atoms. The lowest BCUT2D eigenvalue weighted by Gasteiger charge is -2.15. The third-order valence-electron chi connectivity index (χ3n) is 3.64. The largest absolute Gasteiger partial charge is 0.467 e. The van der Waals surface area contributed by atoms with E-state index < -0.39 is 0 Å². The number of para-hydroxylation sites is 1. The monoisotopic (exact) mass is 362 g/mol. The molecule has 1 aliphatic heterocycles. The summed E-state index contributed by atoms with van der Waals surface area (Å²) in [5.74, 6) is 0.223. The molecule has 0 spiro atoms. The number of hydrogen-bond acceptors (Lipinski definition) is 3. The van der Waals surface area contributed by atoms with Crippen molar-refractivity contribution in [3.8, 4) is 0 Å². The molecule has 2 heterocycles. The Labute approximate surface area is 136 Å². The summed E-state index contributed by atoms with van der Waals surface area (Å²) >= 11 is 3.39. The second-order valence-electron chi connectivity index (χ2n) is 5.22. The van der Waals surface area contributed by atoms with Crippen LogP contribution in [0.3, 0.4) is 0 Å². The van der Waals surface area contributed by atoms with Gasteiger partial charge in [-0.25, -0.2) is 0 Å². The van der Waals surface area contributed by atoms with Gasteiger partial charge in [0, 0.05) is 17.4 Å². The maximum Gasteiger partial charge on any atom is 0.229 e. The van der Waals surface area contributed by atoms with Crippen LogP contribution < -0.4 is 5.32 Å². The van der Waals surface area contributed by atoms with Crippen LogP contribution in [0.4, 0.5) is 5.69 Å². The highest BCUT2D eigenvalue weighted by Crippen LogP contribution is 2.25. The molecule has 114 valence electrons. The molecule has 1 aromatic carbocycles. The molecule has 0 saturated carbocycles. The molecule has 0 aliphatic carbocycles. The van der Waals surface area contributed by atoms with Crippen molar-refractivity contribution < 1.29 is 14.0 Å². The minimum Gasteiger partial charge on any atom is -0.467 e. The van der Waals surface area contributed by atoms with Gasteiger partial charge in [-0.3, -0.25) is 9.59 Å². The lowest BCUT2D eigenvalue weighted by Crippen LogP contribution is -2.28. The lowest BCUT2D eigenvalue weighted by molar-refractivity contribution is -0.128. The van der Waals surface area contributed by atoms with Crippen LogP contribution in [0.1, 0.15) is 12.2 Å². The van der Waals surface area contributed by atoms with Gasteiger partial charge in [-0.2, -0.15) is 0 Å². The summed E-state index contributed by atoms with van der Waals surface area (Å²) in [6.07, 6.45) is 1.81. The van der Waals surface area contributed by atoms with Crippen LogP contribution in [-0.2, 0) is 16.1 Å². The minimum atomic E-state index is -0.338. The number of hydrogen-bond donors (Lipinski definition) is 1. The summed E-state index contributed by atoms with van der Waals surface area (Å²) in [5, 5.41) is 2.86. The highest BCUT2D eigenvalue weighted by Gasteiger charge is 2.34. The summed E-state index contributed by atoms with van der Waals surface area (Å²) in [7, 11) is 0. The molecule has 1 N–H and O–H groups in total. The van der Waals surface area contributed by atoms with Crippen molar-refractivity contribution in [3.05, 3.63) is 52.9 Å². The fourth-order valence-corrected chi connectivity index (χ4v) is 2.87.